The molecule has 2 aliphatic carbocycles. The van der Waals surface area contributed by atoms with Gasteiger partial charge in [-0.25, -0.2) is 0 Å². The zero-order chi connectivity index (χ0) is 26.8. The average Bonchev–Trinajstić information content (AvgIpc) is 3.49. The molecule has 2 unspecified atom stereocenters. The van der Waals surface area contributed by atoms with Gasteiger partial charge in [-0.2, -0.15) is 0 Å². The predicted octanol–water partition coefficient (Wildman–Crippen LogP) is 8.97. The van der Waals surface area contributed by atoms with E-state index >= 15 is 0 Å². The molecule has 4 aromatic carbocycles. The van der Waals surface area contributed by atoms with E-state index in [1.54, 1.807) is 3.27 Å². The Bertz CT molecular complexity index is 1920. The number of aromatic nitrogens is 1. The van der Waals surface area contributed by atoms with Crippen molar-refractivity contribution in [1.29, 1.82) is 0 Å². The van der Waals surface area contributed by atoms with Crippen molar-refractivity contribution < 1.29 is 17.4 Å². The van der Waals surface area contributed by atoms with Crippen molar-refractivity contribution in [3.63, 3.8) is 0 Å². The number of pyridine rings is 1. The fraction of sp³-hybridized carbons (Fsp3) is 0.139. The van der Waals surface area contributed by atoms with Gasteiger partial charge in [0.25, 0.3) is 0 Å². The maximum absolute atomic E-state index is 4.82. The minimum absolute atomic E-state index is 0. The average molecular weight is 672 g/mol. The van der Waals surface area contributed by atoms with Gasteiger partial charge in [0.15, 0.2) is 0 Å². The molecule has 0 spiro atoms. The van der Waals surface area contributed by atoms with Crippen molar-refractivity contribution in [2.75, 3.05) is 0 Å². The van der Waals surface area contributed by atoms with E-state index in [2.05, 4.69) is 135 Å². The summed E-state index contributed by atoms with van der Waals surface area (Å²) >= 11 is -3.97. The van der Waals surface area contributed by atoms with Gasteiger partial charge in [-0.3, -0.25) is 0 Å². The van der Waals surface area contributed by atoms with E-state index in [9.17, 15) is 0 Å². The maximum atomic E-state index is 4.82. The van der Waals surface area contributed by atoms with Crippen LogP contribution in [-0.2, 0) is 17.4 Å². The molecule has 0 fully saturated rings. The van der Waals surface area contributed by atoms with E-state index in [4.69, 9.17) is 4.98 Å². The van der Waals surface area contributed by atoms with Crippen LogP contribution in [0.2, 0.25) is 4.63 Å². The number of nitrogens with zero attached hydrogens (tertiary/aromatic N) is 1. The molecule has 1 heterocycles. The van der Waals surface area contributed by atoms with E-state index in [1.807, 2.05) is 12.3 Å². The Morgan fingerprint density at radius 2 is 1.24 bits per heavy atom. The zero-order valence-electron chi connectivity index (χ0n) is 23.7. The van der Waals surface area contributed by atoms with Crippen LogP contribution in [0.3, 0.4) is 0 Å². The van der Waals surface area contributed by atoms with Crippen LogP contribution in [0.25, 0.3) is 34.2 Å². The topological polar surface area (TPSA) is 12.9 Å². The van der Waals surface area contributed by atoms with Crippen LogP contribution >= 0.6 is 24.8 Å². The molecule has 0 bridgehead atoms. The third-order valence-electron chi connectivity index (χ3n) is 9.55. The Morgan fingerprint density at radius 3 is 2.05 bits per heavy atom. The van der Waals surface area contributed by atoms with Gasteiger partial charge in [-0.05, 0) is 0 Å². The maximum Gasteiger partial charge on any atom is -0.147 e. The third-order valence-corrected chi connectivity index (χ3v) is 33.4. The number of para-hydroxylation sites is 1. The van der Waals surface area contributed by atoms with E-state index in [0.717, 1.165) is 5.52 Å². The van der Waals surface area contributed by atoms with Crippen LogP contribution in [0.15, 0.2) is 120 Å². The molecule has 0 N–H and O–H groups in total. The first-order valence-corrected chi connectivity index (χ1v) is 26.4. The second kappa shape index (κ2) is 10.9. The summed E-state index contributed by atoms with van der Waals surface area (Å²) in [7, 11) is 0. The molecule has 0 radical (unpaired) electrons. The quantitative estimate of drug-likeness (QED) is 0.174. The molecule has 7 rings (SSSR count). The normalized spacial score (nSPS) is 17.6. The second-order valence-electron chi connectivity index (χ2n) is 12.0. The number of allylic oxidation sites excluding steroid dienone is 2. The Morgan fingerprint density at radius 1 is 0.634 bits per heavy atom. The second-order valence-corrected chi connectivity index (χ2v) is 38.3. The summed E-state index contributed by atoms with van der Waals surface area (Å²) in [5.41, 5.74) is 12.4. The molecule has 2 aliphatic rings. The monoisotopic (exact) mass is 669 g/mol. The van der Waals surface area contributed by atoms with E-state index in [1.165, 1.54) is 49.9 Å². The molecule has 0 aliphatic heterocycles. The van der Waals surface area contributed by atoms with Crippen LogP contribution in [0, 0.1) is 0 Å². The van der Waals surface area contributed by atoms with Gasteiger partial charge in [0.05, 0.1) is 0 Å². The fourth-order valence-electron chi connectivity index (χ4n) is 8.14. The molecule has 2 atom stereocenters. The molecular weight excluding hydrogens is 637 g/mol. The summed E-state index contributed by atoms with van der Waals surface area (Å²) in [5, 5.41) is 1.19. The van der Waals surface area contributed by atoms with E-state index < -0.39 is 17.4 Å². The molecule has 0 saturated heterocycles. The van der Waals surface area contributed by atoms with Crippen molar-refractivity contribution in [2.45, 2.75) is 25.7 Å². The molecular formula is C36H35Cl2NSiZr. The number of rotatable bonds is 4. The van der Waals surface area contributed by atoms with E-state index in [-0.39, 0.29) is 24.8 Å². The van der Waals surface area contributed by atoms with Crippen LogP contribution < -0.4 is 3.27 Å². The first-order valence-electron chi connectivity index (χ1n) is 13.9. The molecule has 0 amide bonds. The molecule has 41 heavy (non-hydrogen) atoms. The van der Waals surface area contributed by atoms with Gasteiger partial charge in [0, 0.05) is 0 Å². The molecule has 1 nitrogen and oxygen atoms in total. The van der Waals surface area contributed by atoms with Gasteiger partial charge in [-0.15, -0.1) is 24.8 Å². The zero-order valence-corrected chi connectivity index (χ0v) is 29.2. The van der Waals surface area contributed by atoms with Crippen molar-refractivity contribution in [1.82, 2.24) is 4.98 Å². The minimum atomic E-state index is -3.97. The summed E-state index contributed by atoms with van der Waals surface area (Å²) in [5.74, 6) is 0. The van der Waals surface area contributed by atoms with Crippen LogP contribution in [-0.4, -0.2) is 11.9 Å². The Labute approximate surface area is 258 Å². The number of fused-ring (bicyclic) bond motifs is 3. The third kappa shape index (κ3) is 4.40. The van der Waals surface area contributed by atoms with Gasteiger partial charge >= 0.3 is 235 Å². The number of benzene rings is 4. The smallest absolute Gasteiger partial charge is 0.147 e. The Balaban J connectivity index is 0.00000169. The fourth-order valence-corrected chi connectivity index (χ4v) is 33.4. The van der Waals surface area contributed by atoms with Gasteiger partial charge in [0.1, 0.15) is 0 Å². The Kier molecular flexibility index (Phi) is 7.98. The summed E-state index contributed by atoms with van der Waals surface area (Å²) in [6, 6.07) is 38.4. The van der Waals surface area contributed by atoms with Crippen molar-refractivity contribution in [3.8, 4) is 11.1 Å². The Hall–Kier alpha value is -2.55. The summed E-state index contributed by atoms with van der Waals surface area (Å²) in [6.45, 7) is 7.19. The van der Waals surface area contributed by atoms with Crippen LogP contribution in [0.4, 0.5) is 0 Å². The predicted molar refractivity (Wildman–Crippen MR) is 181 cm³/mol. The summed E-state index contributed by atoms with van der Waals surface area (Å²) in [6.07, 6.45) is 6.88. The van der Waals surface area contributed by atoms with Crippen molar-refractivity contribution >= 4 is 58.0 Å². The van der Waals surface area contributed by atoms with Gasteiger partial charge in [0.2, 0.25) is 0 Å². The van der Waals surface area contributed by atoms with Crippen molar-refractivity contribution in [3.05, 3.63) is 143 Å². The number of hydrogen-bond donors (Lipinski definition) is 0. The largest absolute Gasteiger partial charge is 0.147 e. The molecule has 5 aromatic rings. The first kappa shape index (κ1) is 29.9. The molecule has 1 aromatic heterocycles. The SMILES string of the molecule is CC1=Cc2ccccc2[CH]1[Zr]([CH3])(=[SiH2])([c]1ccccc1)[CH]1C(C)=Cc2c(-c3cccc4cccnc34)cccc21.Cl.Cl. The number of hydrogen-bond acceptors (Lipinski definition) is 1. The minimum Gasteiger partial charge on any atom is -0.147 e. The molecule has 206 valence electrons. The molecule has 5 heteroatoms. The first-order chi connectivity index (χ1) is 18.9. The van der Waals surface area contributed by atoms with Crippen LogP contribution in [0.5, 0.6) is 0 Å². The summed E-state index contributed by atoms with van der Waals surface area (Å²) in [4.78, 5) is 4.82. The van der Waals surface area contributed by atoms with Gasteiger partial charge < -0.3 is 0 Å². The van der Waals surface area contributed by atoms with Crippen LogP contribution in [0.1, 0.15) is 43.4 Å². The number of halogens is 2. The summed E-state index contributed by atoms with van der Waals surface area (Å²) < 4.78 is 5.22. The van der Waals surface area contributed by atoms with Crippen molar-refractivity contribution in [2.24, 2.45) is 0 Å². The van der Waals surface area contributed by atoms with E-state index in [0.29, 0.717) is 7.25 Å². The van der Waals surface area contributed by atoms with Gasteiger partial charge in [-0.1, -0.05) is 0 Å². The molecule has 0 saturated carbocycles. The standard InChI is InChI=1S/C19H14N.C10H9.C6H5.CH3.2ClH.H2Si.Zr/c1-13-11-15-6-3-8-16(18(15)12-13)17-9-2-5-14-7-4-10-20-19(14)17;1-8-6-9-4-2-3-5-10(9)7-8;1-2-4-6-5-3-1;;;;;/h2-12H,1H3;2-7H,1H3;1-5H;1H3;2*1H;1H2;.